The molecule has 4 N–H and O–H groups in total. The van der Waals surface area contributed by atoms with Crippen LogP contribution < -0.4 is 20.1 Å². The summed E-state index contributed by atoms with van der Waals surface area (Å²) >= 11 is 0. The first-order valence-corrected chi connectivity index (χ1v) is 16.4. The van der Waals surface area contributed by atoms with Gasteiger partial charge in [0.1, 0.15) is 23.2 Å². The normalized spacial score (nSPS) is 27.3. The summed E-state index contributed by atoms with van der Waals surface area (Å²) in [6.45, 7) is 7.40. The Balaban J connectivity index is 1.53. The highest BCUT2D eigenvalue weighted by molar-refractivity contribution is 7.91. The number of benzene rings is 1. The van der Waals surface area contributed by atoms with E-state index in [4.69, 9.17) is 4.74 Å². The number of aryl methyl sites for hydroxylation is 1. The highest BCUT2D eigenvalue weighted by atomic mass is 32.2. The number of anilines is 1. The summed E-state index contributed by atoms with van der Waals surface area (Å²) in [6, 6.07) is 4.92. The van der Waals surface area contributed by atoms with Crippen LogP contribution in [0.4, 0.5) is 10.5 Å². The van der Waals surface area contributed by atoms with Gasteiger partial charge < -0.3 is 20.3 Å². The van der Waals surface area contributed by atoms with Crippen molar-refractivity contribution in [1.82, 2.24) is 20.3 Å². The molecule has 2 heterocycles. The maximum atomic E-state index is 13.7. The highest BCUT2D eigenvalue weighted by Crippen LogP contribution is 2.45. The standard InChI is InChI=1S/C30H43N5O7S/c1-20-14-16-22(17-15-20)33-43(40,41)34-27(38)30-19-21(30)11-8-6-5-7-9-12-23(31-28(39)42-29(2,3)4)26(37)35-18-10-13-24(35)25(36)32-30/h8,11,14-17,21,23-24,33H,5-7,9-10,12-13,18-19H2,1-4H3,(H,31,39)(H,32,36)(H,34,38)/b11-8-/t21-,23+,24+,30-/m1/s1. The number of nitrogens with one attached hydrogen (secondary N) is 4. The Hall–Kier alpha value is -3.61. The summed E-state index contributed by atoms with van der Waals surface area (Å²) in [5.74, 6) is -2.16. The van der Waals surface area contributed by atoms with Gasteiger partial charge in [-0.3, -0.25) is 19.1 Å². The Kier molecular flexibility index (Phi) is 9.73. The third kappa shape index (κ3) is 8.49. The van der Waals surface area contributed by atoms with Gasteiger partial charge in [0.2, 0.25) is 11.8 Å². The zero-order chi connectivity index (χ0) is 31.4. The molecular formula is C30H43N5O7S. The molecule has 0 bridgehead atoms. The smallest absolute Gasteiger partial charge is 0.408 e. The first-order chi connectivity index (χ1) is 20.2. The quantitative estimate of drug-likeness (QED) is 0.369. The van der Waals surface area contributed by atoms with E-state index in [0.29, 0.717) is 38.6 Å². The predicted octanol–water partition coefficient (Wildman–Crippen LogP) is 3.05. The Morgan fingerprint density at radius 3 is 2.47 bits per heavy atom. The molecule has 0 unspecified atom stereocenters. The van der Waals surface area contributed by atoms with Gasteiger partial charge in [-0.25, -0.2) is 9.52 Å². The van der Waals surface area contributed by atoms with Gasteiger partial charge in [-0.15, -0.1) is 0 Å². The fraction of sp³-hybridized carbons (Fsp3) is 0.600. The summed E-state index contributed by atoms with van der Waals surface area (Å²) in [5.41, 5.74) is -0.977. The number of nitrogens with zero attached hydrogens (tertiary/aromatic N) is 1. The van der Waals surface area contributed by atoms with Crippen LogP contribution in [-0.2, 0) is 29.3 Å². The van der Waals surface area contributed by atoms with E-state index in [2.05, 4.69) is 20.1 Å². The molecule has 4 atom stereocenters. The highest BCUT2D eigenvalue weighted by Gasteiger charge is 2.61. The molecule has 4 rings (SSSR count). The maximum Gasteiger partial charge on any atom is 0.408 e. The lowest BCUT2D eigenvalue weighted by molar-refractivity contribution is -0.141. The van der Waals surface area contributed by atoms with Gasteiger partial charge in [-0.2, -0.15) is 8.42 Å². The molecule has 43 heavy (non-hydrogen) atoms. The van der Waals surface area contributed by atoms with Crippen LogP contribution >= 0.6 is 0 Å². The van der Waals surface area contributed by atoms with Gasteiger partial charge in [0.25, 0.3) is 5.91 Å². The second kappa shape index (κ2) is 12.9. The first-order valence-electron chi connectivity index (χ1n) is 14.9. The molecule has 0 aromatic heterocycles. The van der Waals surface area contributed by atoms with E-state index in [1.165, 1.54) is 4.90 Å². The van der Waals surface area contributed by atoms with E-state index in [9.17, 15) is 27.6 Å². The molecular weight excluding hydrogens is 574 g/mol. The van der Waals surface area contributed by atoms with Gasteiger partial charge in [0.05, 0.1) is 5.69 Å². The fourth-order valence-electron chi connectivity index (χ4n) is 5.56. The third-order valence-electron chi connectivity index (χ3n) is 7.86. The second-order valence-electron chi connectivity index (χ2n) is 12.6. The van der Waals surface area contributed by atoms with Crippen molar-refractivity contribution in [3.63, 3.8) is 0 Å². The monoisotopic (exact) mass is 617 g/mol. The number of rotatable bonds is 5. The molecule has 0 radical (unpaired) electrons. The number of hydrogen-bond acceptors (Lipinski definition) is 7. The maximum absolute atomic E-state index is 13.7. The lowest BCUT2D eigenvalue weighted by Gasteiger charge is -2.30. The molecule has 12 nitrogen and oxygen atoms in total. The average Bonchev–Trinajstić information content (AvgIpc) is 3.36. The minimum absolute atomic E-state index is 0.227. The SMILES string of the molecule is Cc1ccc(NS(=O)(=O)NC(=O)[C@@]23C[C@H]2/C=C\CCCCC[C@H](NC(=O)OC(C)(C)C)C(=O)N2CCC[C@H]2C(=O)N3)cc1. The van der Waals surface area contributed by atoms with Gasteiger partial charge in [-0.05, 0) is 78.4 Å². The third-order valence-corrected chi connectivity index (χ3v) is 8.82. The van der Waals surface area contributed by atoms with E-state index in [1.807, 2.05) is 19.1 Å². The molecule has 0 spiro atoms. The molecule has 1 aliphatic carbocycles. The van der Waals surface area contributed by atoms with Crippen molar-refractivity contribution >= 4 is 39.7 Å². The molecule has 4 amide bonds. The van der Waals surface area contributed by atoms with Crippen LogP contribution in [0.2, 0.25) is 0 Å². The minimum Gasteiger partial charge on any atom is -0.444 e. The second-order valence-corrected chi connectivity index (χ2v) is 14.0. The van der Waals surface area contributed by atoms with Crippen LogP contribution in [-0.4, -0.2) is 66.9 Å². The van der Waals surface area contributed by atoms with Crippen LogP contribution in [0.3, 0.4) is 0 Å². The number of allylic oxidation sites excluding steroid dienone is 1. The molecule has 3 aliphatic rings. The van der Waals surface area contributed by atoms with Crippen molar-refractivity contribution in [3.05, 3.63) is 42.0 Å². The minimum atomic E-state index is -4.29. The van der Waals surface area contributed by atoms with Crippen molar-refractivity contribution in [2.24, 2.45) is 5.92 Å². The van der Waals surface area contributed by atoms with Crippen molar-refractivity contribution in [1.29, 1.82) is 0 Å². The van der Waals surface area contributed by atoms with Gasteiger partial charge >= 0.3 is 16.3 Å². The van der Waals surface area contributed by atoms with Crippen LogP contribution in [0.15, 0.2) is 36.4 Å². The van der Waals surface area contributed by atoms with Gasteiger partial charge in [0.15, 0.2) is 0 Å². The van der Waals surface area contributed by atoms with E-state index in [-0.39, 0.29) is 18.0 Å². The van der Waals surface area contributed by atoms with E-state index >= 15 is 0 Å². The Labute approximate surface area is 253 Å². The Bertz CT molecular complexity index is 1360. The molecule has 13 heteroatoms. The van der Waals surface area contributed by atoms with Crippen molar-refractivity contribution < 1.29 is 32.3 Å². The van der Waals surface area contributed by atoms with Gasteiger partial charge in [-0.1, -0.05) is 42.7 Å². The Morgan fingerprint density at radius 1 is 1.05 bits per heavy atom. The number of amides is 4. The topological polar surface area (TPSA) is 163 Å². The summed E-state index contributed by atoms with van der Waals surface area (Å²) in [5, 5.41) is 5.51. The number of carbonyl (C=O) groups excluding carboxylic acids is 4. The number of carbonyl (C=O) groups is 4. The lowest BCUT2D eigenvalue weighted by Crippen LogP contribution is -2.58. The molecule has 236 valence electrons. The molecule has 1 aromatic rings. The first kappa shape index (κ1) is 32.3. The number of fused-ring (bicyclic) bond motifs is 2. The van der Waals surface area contributed by atoms with Crippen LogP contribution in [0.5, 0.6) is 0 Å². The summed E-state index contributed by atoms with van der Waals surface area (Å²) in [4.78, 5) is 54.8. The lowest BCUT2D eigenvalue weighted by atomic mass is 10.0. The van der Waals surface area contributed by atoms with Crippen LogP contribution in [0.25, 0.3) is 0 Å². The van der Waals surface area contributed by atoms with E-state index < -0.39 is 57.3 Å². The number of ether oxygens (including phenoxy) is 1. The Morgan fingerprint density at radius 2 is 1.77 bits per heavy atom. The van der Waals surface area contributed by atoms with Crippen LogP contribution in [0, 0.1) is 12.8 Å². The predicted molar refractivity (Wildman–Crippen MR) is 161 cm³/mol. The largest absolute Gasteiger partial charge is 0.444 e. The van der Waals surface area contributed by atoms with Crippen molar-refractivity contribution in [2.75, 3.05) is 11.3 Å². The number of alkyl carbamates (subject to hydrolysis) is 1. The van der Waals surface area contributed by atoms with Crippen LogP contribution in [0.1, 0.15) is 77.7 Å². The average molecular weight is 618 g/mol. The summed E-state index contributed by atoms with van der Waals surface area (Å²) < 4.78 is 35.5. The fourth-order valence-corrected chi connectivity index (χ4v) is 6.48. The summed E-state index contributed by atoms with van der Waals surface area (Å²) in [6.07, 6.45) is 7.68. The van der Waals surface area contributed by atoms with E-state index in [1.54, 1.807) is 45.0 Å². The zero-order valence-corrected chi connectivity index (χ0v) is 26.1. The molecule has 1 saturated carbocycles. The van der Waals surface area contributed by atoms with Gasteiger partial charge in [0, 0.05) is 12.5 Å². The van der Waals surface area contributed by atoms with Crippen molar-refractivity contribution in [2.45, 2.75) is 102 Å². The number of hydrogen-bond donors (Lipinski definition) is 4. The molecule has 1 saturated heterocycles. The van der Waals surface area contributed by atoms with E-state index in [0.717, 1.165) is 18.4 Å². The molecule has 1 aromatic carbocycles. The van der Waals surface area contributed by atoms with Crippen molar-refractivity contribution in [3.8, 4) is 0 Å². The zero-order valence-electron chi connectivity index (χ0n) is 25.3. The molecule has 2 fully saturated rings. The molecule has 2 aliphatic heterocycles. The summed E-state index contributed by atoms with van der Waals surface area (Å²) in [7, 11) is -4.29.